The third-order valence-corrected chi connectivity index (χ3v) is 5.07. The largest absolute Gasteiger partial charge is 0.450 e. The quantitative estimate of drug-likeness (QED) is 0.857. The summed E-state index contributed by atoms with van der Waals surface area (Å²) in [6, 6.07) is 1.95. The Morgan fingerprint density at radius 3 is 2.74 bits per heavy atom. The number of fused-ring (bicyclic) bond motifs is 2. The molecule has 2 amide bonds. The average molecular weight is 338 g/mol. The number of piperidine rings is 1. The Morgan fingerprint density at radius 2 is 2.17 bits per heavy atom. The van der Waals surface area contributed by atoms with Crippen molar-refractivity contribution in [1.82, 2.24) is 15.2 Å². The lowest BCUT2D eigenvalue weighted by atomic mass is 9.78. The summed E-state index contributed by atoms with van der Waals surface area (Å²) < 4.78 is 5.18. The summed E-state index contributed by atoms with van der Waals surface area (Å²) in [5.74, 6) is 0. The SMILES string of the molecule is CCOC(=O)N1C2CCC1CC(NC=O)(c1cncc(Cl)c1)C2. The second kappa shape index (κ2) is 6.35. The van der Waals surface area contributed by atoms with Crippen LogP contribution in [0.3, 0.4) is 0 Å². The Bertz CT molecular complexity index is 596. The number of hydrogen-bond donors (Lipinski definition) is 1. The van der Waals surface area contributed by atoms with Gasteiger partial charge >= 0.3 is 6.09 Å². The first kappa shape index (κ1) is 16.1. The maximum atomic E-state index is 12.2. The molecule has 0 spiro atoms. The molecule has 0 saturated carbocycles. The van der Waals surface area contributed by atoms with Gasteiger partial charge in [0.25, 0.3) is 0 Å². The number of amides is 2. The first-order valence-corrected chi connectivity index (χ1v) is 8.25. The summed E-state index contributed by atoms with van der Waals surface area (Å²) in [5, 5.41) is 3.51. The van der Waals surface area contributed by atoms with Crippen molar-refractivity contribution in [2.75, 3.05) is 6.61 Å². The van der Waals surface area contributed by atoms with Gasteiger partial charge in [0, 0.05) is 24.5 Å². The van der Waals surface area contributed by atoms with Crippen LogP contribution in [0.15, 0.2) is 18.5 Å². The van der Waals surface area contributed by atoms with Gasteiger partial charge in [0.1, 0.15) is 0 Å². The number of pyridine rings is 1. The molecule has 1 N–H and O–H groups in total. The van der Waals surface area contributed by atoms with Gasteiger partial charge in [-0.25, -0.2) is 4.79 Å². The van der Waals surface area contributed by atoms with Crippen LogP contribution in [0.2, 0.25) is 5.02 Å². The van der Waals surface area contributed by atoms with Crippen molar-refractivity contribution in [3.8, 4) is 0 Å². The Kier molecular flexibility index (Phi) is 4.43. The molecule has 2 aliphatic heterocycles. The molecule has 1 aromatic heterocycles. The third-order valence-electron chi connectivity index (χ3n) is 4.86. The molecule has 2 unspecified atom stereocenters. The fourth-order valence-electron chi connectivity index (χ4n) is 3.97. The second-order valence-electron chi connectivity index (χ2n) is 6.14. The number of halogens is 1. The normalized spacial score (nSPS) is 29.2. The van der Waals surface area contributed by atoms with E-state index in [1.54, 1.807) is 19.3 Å². The highest BCUT2D eigenvalue weighted by atomic mass is 35.5. The van der Waals surface area contributed by atoms with Crippen LogP contribution in [0, 0.1) is 0 Å². The summed E-state index contributed by atoms with van der Waals surface area (Å²) in [6.07, 6.45) is 6.89. The van der Waals surface area contributed by atoms with E-state index in [4.69, 9.17) is 16.3 Å². The first-order valence-electron chi connectivity index (χ1n) is 7.87. The van der Waals surface area contributed by atoms with Crippen LogP contribution in [0.5, 0.6) is 0 Å². The molecule has 3 rings (SSSR count). The van der Waals surface area contributed by atoms with Crippen LogP contribution < -0.4 is 5.32 Å². The van der Waals surface area contributed by atoms with Crippen molar-refractivity contribution in [1.29, 1.82) is 0 Å². The monoisotopic (exact) mass is 337 g/mol. The molecule has 0 radical (unpaired) electrons. The highest BCUT2D eigenvalue weighted by Gasteiger charge is 2.51. The number of nitrogens with zero attached hydrogens (tertiary/aromatic N) is 2. The fourth-order valence-corrected chi connectivity index (χ4v) is 4.14. The minimum absolute atomic E-state index is 0.0548. The third kappa shape index (κ3) is 2.87. The van der Waals surface area contributed by atoms with Crippen molar-refractivity contribution in [2.24, 2.45) is 0 Å². The van der Waals surface area contributed by atoms with Crippen LogP contribution in [-0.2, 0) is 15.1 Å². The topological polar surface area (TPSA) is 71.5 Å². The predicted octanol–water partition coefficient (Wildman–Crippen LogP) is 2.46. The maximum absolute atomic E-state index is 12.2. The van der Waals surface area contributed by atoms with E-state index < -0.39 is 5.54 Å². The van der Waals surface area contributed by atoms with Gasteiger partial charge in [0.05, 0.1) is 17.2 Å². The van der Waals surface area contributed by atoms with E-state index in [0.29, 0.717) is 24.5 Å². The fraction of sp³-hybridized carbons (Fsp3) is 0.562. The molecular weight excluding hydrogens is 318 g/mol. The lowest BCUT2D eigenvalue weighted by molar-refractivity contribution is -0.112. The zero-order chi connectivity index (χ0) is 16.4. The van der Waals surface area contributed by atoms with Gasteiger partial charge in [-0.15, -0.1) is 0 Å². The summed E-state index contributed by atoms with van der Waals surface area (Å²) in [4.78, 5) is 29.4. The highest BCUT2D eigenvalue weighted by molar-refractivity contribution is 6.30. The summed E-state index contributed by atoms with van der Waals surface area (Å²) >= 11 is 6.07. The number of carbonyl (C=O) groups excluding carboxylic acids is 2. The van der Waals surface area contributed by atoms with E-state index in [-0.39, 0.29) is 18.2 Å². The van der Waals surface area contributed by atoms with Crippen molar-refractivity contribution < 1.29 is 14.3 Å². The number of nitrogens with one attached hydrogen (secondary N) is 1. The molecular formula is C16H20ClN3O3. The van der Waals surface area contributed by atoms with E-state index in [1.165, 1.54) is 0 Å². The zero-order valence-corrected chi connectivity index (χ0v) is 13.8. The van der Waals surface area contributed by atoms with Crippen LogP contribution in [0.25, 0.3) is 0 Å². The molecule has 2 saturated heterocycles. The minimum atomic E-state index is -0.533. The number of hydrogen-bond acceptors (Lipinski definition) is 4. The molecule has 2 fully saturated rings. The van der Waals surface area contributed by atoms with Crippen LogP contribution in [-0.4, -0.2) is 41.1 Å². The smallest absolute Gasteiger partial charge is 0.410 e. The Balaban J connectivity index is 1.91. The molecule has 7 heteroatoms. The van der Waals surface area contributed by atoms with Gasteiger partial charge in [0.15, 0.2) is 0 Å². The number of aromatic nitrogens is 1. The Morgan fingerprint density at radius 1 is 1.48 bits per heavy atom. The van der Waals surface area contributed by atoms with E-state index in [0.717, 1.165) is 24.8 Å². The van der Waals surface area contributed by atoms with E-state index >= 15 is 0 Å². The van der Waals surface area contributed by atoms with Crippen molar-refractivity contribution >= 4 is 24.1 Å². The molecule has 3 heterocycles. The average Bonchev–Trinajstić information content (AvgIpc) is 2.80. The standard InChI is InChI=1S/C16H20ClN3O3/c1-2-23-15(22)20-13-3-4-14(20)7-16(6-13,19-10-21)11-5-12(17)9-18-8-11/h5,8-10,13-14H,2-4,6-7H2,1H3,(H,19,21). The molecule has 1 aromatic rings. The Hall–Kier alpha value is -1.82. The molecule has 2 bridgehead atoms. The lowest BCUT2D eigenvalue weighted by Crippen LogP contribution is -2.57. The highest BCUT2D eigenvalue weighted by Crippen LogP contribution is 2.46. The summed E-state index contributed by atoms with van der Waals surface area (Å²) in [6.45, 7) is 2.17. The number of carbonyl (C=O) groups is 2. The molecule has 23 heavy (non-hydrogen) atoms. The van der Waals surface area contributed by atoms with Crippen LogP contribution in [0.4, 0.5) is 4.79 Å². The summed E-state index contributed by atoms with van der Waals surface area (Å²) in [5.41, 5.74) is 0.353. The van der Waals surface area contributed by atoms with Gasteiger partial charge in [-0.3, -0.25) is 9.78 Å². The van der Waals surface area contributed by atoms with Crippen molar-refractivity contribution in [2.45, 2.75) is 50.2 Å². The molecule has 0 aliphatic carbocycles. The molecule has 2 atom stereocenters. The van der Waals surface area contributed by atoms with Gasteiger partial charge in [-0.1, -0.05) is 11.6 Å². The lowest BCUT2D eigenvalue weighted by Gasteiger charge is -2.46. The van der Waals surface area contributed by atoms with E-state index in [2.05, 4.69) is 10.3 Å². The number of rotatable bonds is 4. The van der Waals surface area contributed by atoms with Gasteiger partial charge in [-0.05, 0) is 44.2 Å². The molecule has 124 valence electrons. The van der Waals surface area contributed by atoms with E-state index in [1.807, 2.05) is 11.0 Å². The molecule has 0 aromatic carbocycles. The van der Waals surface area contributed by atoms with Crippen molar-refractivity contribution in [3.05, 3.63) is 29.0 Å². The zero-order valence-electron chi connectivity index (χ0n) is 13.0. The predicted molar refractivity (Wildman–Crippen MR) is 85.0 cm³/mol. The van der Waals surface area contributed by atoms with Crippen molar-refractivity contribution in [3.63, 3.8) is 0 Å². The maximum Gasteiger partial charge on any atom is 0.410 e. The van der Waals surface area contributed by atoms with Gasteiger partial charge < -0.3 is 15.0 Å². The minimum Gasteiger partial charge on any atom is -0.450 e. The Labute approximate surface area is 140 Å². The van der Waals surface area contributed by atoms with Crippen LogP contribution >= 0.6 is 11.6 Å². The van der Waals surface area contributed by atoms with Gasteiger partial charge in [-0.2, -0.15) is 0 Å². The second-order valence-corrected chi connectivity index (χ2v) is 6.57. The summed E-state index contributed by atoms with van der Waals surface area (Å²) in [7, 11) is 0. The molecule has 6 nitrogen and oxygen atoms in total. The molecule has 2 aliphatic rings. The first-order chi connectivity index (χ1) is 11.1. The van der Waals surface area contributed by atoms with E-state index in [9.17, 15) is 9.59 Å². The van der Waals surface area contributed by atoms with Crippen LogP contribution in [0.1, 0.15) is 38.2 Å². The van der Waals surface area contributed by atoms with Gasteiger partial charge in [0.2, 0.25) is 6.41 Å². The number of ether oxygens (including phenoxy) is 1.